The first-order valence-corrected chi connectivity index (χ1v) is 8.16. The first kappa shape index (κ1) is 16.2. The monoisotopic (exact) mass is 349 g/mol. The van der Waals surface area contributed by atoms with Crippen LogP contribution in [0.1, 0.15) is 18.1 Å². The Balaban J connectivity index is 2.08. The van der Waals surface area contributed by atoms with Gasteiger partial charge in [-0.05, 0) is 61.2 Å². The fourth-order valence-electron chi connectivity index (χ4n) is 2.57. The van der Waals surface area contributed by atoms with Gasteiger partial charge >= 0.3 is 0 Å². The van der Waals surface area contributed by atoms with E-state index in [4.69, 9.17) is 0 Å². The molecule has 21 heavy (non-hydrogen) atoms. The number of nitrogens with one attached hydrogen (secondary N) is 1. The van der Waals surface area contributed by atoms with Crippen LogP contribution in [0.5, 0.6) is 0 Å². The average molecular weight is 350 g/mol. The minimum absolute atomic E-state index is 0.179. The summed E-state index contributed by atoms with van der Waals surface area (Å²) >= 11 is 3.37. The maximum atomic E-state index is 13.5. The van der Waals surface area contributed by atoms with Gasteiger partial charge in [-0.3, -0.25) is 0 Å². The molecule has 2 rings (SSSR count). The predicted octanol–water partition coefficient (Wildman–Crippen LogP) is 4.60. The highest BCUT2D eigenvalue weighted by Gasteiger charge is 2.11. The largest absolute Gasteiger partial charge is 0.317 e. The molecule has 2 aromatic carbocycles. The van der Waals surface area contributed by atoms with Gasteiger partial charge in [0.2, 0.25) is 0 Å². The molecule has 0 saturated heterocycles. The van der Waals surface area contributed by atoms with Gasteiger partial charge in [0.15, 0.2) is 0 Å². The Hall–Kier alpha value is -1.19. The fraction of sp³-hybridized carbons (Fsp3) is 0.333. The van der Waals surface area contributed by atoms with E-state index in [2.05, 4.69) is 52.4 Å². The second kappa shape index (κ2) is 8.30. The molecule has 0 aliphatic heterocycles. The van der Waals surface area contributed by atoms with E-state index < -0.39 is 0 Å². The third kappa shape index (κ3) is 5.60. The zero-order valence-electron chi connectivity index (χ0n) is 12.3. The normalized spacial score (nSPS) is 12.3. The lowest BCUT2D eigenvalue weighted by Gasteiger charge is -2.18. The van der Waals surface area contributed by atoms with E-state index in [0.29, 0.717) is 5.92 Å². The van der Waals surface area contributed by atoms with Crippen LogP contribution in [-0.4, -0.2) is 13.1 Å². The summed E-state index contributed by atoms with van der Waals surface area (Å²) in [5.74, 6) is 0.280. The molecule has 2 aromatic rings. The highest BCUT2D eigenvalue weighted by molar-refractivity contribution is 9.10. The van der Waals surface area contributed by atoms with Crippen LogP contribution in [0.25, 0.3) is 0 Å². The van der Waals surface area contributed by atoms with Gasteiger partial charge < -0.3 is 5.32 Å². The summed E-state index contributed by atoms with van der Waals surface area (Å²) in [6.07, 6.45) is 1.88. The van der Waals surface area contributed by atoms with Gasteiger partial charge in [-0.1, -0.05) is 53.2 Å². The Morgan fingerprint density at radius 3 is 2.43 bits per heavy atom. The van der Waals surface area contributed by atoms with E-state index in [0.717, 1.165) is 36.0 Å². The lowest BCUT2D eigenvalue weighted by molar-refractivity contribution is 0.477. The molecule has 0 amide bonds. The van der Waals surface area contributed by atoms with Crippen molar-refractivity contribution in [3.05, 3.63) is 69.9 Å². The summed E-state index contributed by atoms with van der Waals surface area (Å²) in [5, 5.41) is 3.41. The van der Waals surface area contributed by atoms with Crippen LogP contribution in [0, 0.1) is 11.7 Å². The van der Waals surface area contributed by atoms with Crippen LogP contribution in [0.15, 0.2) is 53.0 Å². The van der Waals surface area contributed by atoms with Crippen molar-refractivity contribution in [3.63, 3.8) is 0 Å². The number of hydrogen-bond donors (Lipinski definition) is 1. The summed E-state index contributed by atoms with van der Waals surface area (Å²) in [5.41, 5.74) is 2.37. The molecule has 1 atom stereocenters. The molecule has 0 spiro atoms. The van der Waals surface area contributed by atoms with Crippen LogP contribution in [0.2, 0.25) is 0 Å². The Bertz CT molecular complexity index is 536. The number of halogens is 2. The smallest absolute Gasteiger partial charge is 0.124 e. The van der Waals surface area contributed by atoms with Gasteiger partial charge in [0.05, 0.1) is 0 Å². The van der Waals surface area contributed by atoms with E-state index in [1.54, 1.807) is 6.07 Å². The number of rotatable bonds is 7. The van der Waals surface area contributed by atoms with Gasteiger partial charge in [0.1, 0.15) is 5.82 Å². The standard InChI is InChI=1S/C18H21BrFN/c1-2-21-13-16(8-14-6-4-3-5-7-14)9-15-10-17(19)12-18(20)11-15/h3-7,10-12,16,21H,2,8-9,13H2,1H3. The number of hydrogen-bond acceptors (Lipinski definition) is 1. The summed E-state index contributed by atoms with van der Waals surface area (Å²) in [6, 6.07) is 15.6. The molecule has 3 heteroatoms. The van der Waals surface area contributed by atoms with Crippen molar-refractivity contribution in [3.8, 4) is 0 Å². The molecule has 0 saturated carbocycles. The zero-order chi connectivity index (χ0) is 15.1. The molecular formula is C18H21BrFN. The van der Waals surface area contributed by atoms with Crippen molar-refractivity contribution in [2.24, 2.45) is 5.92 Å². The Kier molecular flexibility index (Phi) is 6.40. The van der Waals surface area contributed by atoms with Crippen molar-refractivity contribution < 1.29 is 4.39 Å². The average Bonchev–Trinajstić information content (AvgIpc) is 2.45. The maximum absolute atomic E-state index is 13.5. The van der Waals surface area contributed by atoms with E-state index in [1.165, 1.54) is 11.6 Å². The fourth-order valence-corrected chi connectivity index (χ4v) is 3.09. The second-order valence-electron chi connectivity index (χ2n) is 5.35. The molecule has 0 aliphatic rings. The quantitative estimate of drug-likeness (QED) is 0.770. The summed E-state index contributed by atoms with van der Waals surface area (Å²) < 4.78 is 14.3. The second-order valence-corrected chi connectivity index (χ2v) is 6.26. The van der Waals surface area contributed by atoms with Gasteiger partial charge in [-0.2, -0.15) is 0 Å². The van der Waals surface area contributed by atoms with Crippen molar-refractivity contribution in [1.82, 2.24) is 5.32 Å². The third-order valence-electron chi connectivity index (χ3n) is 3.50. The minimum Gasteiger partial charge on any atom is -0.317 e. The Morgan fingerprint density at radius 1 is 1.05 bits per heavy atom. The van der Waals surface area contributed by atoms with Crippen molar-refractivity contribution in [1.29, 1.82) is 0 Å². The lowest BCUT2D eigenvalue weighted by Crippen LogP contribution is -2.25. The molecule has 0 fully saturated rings. The van der Waals surface area contributed by atoms with E-state index in [-0.39, 0.29) is 5.82 Å². The lowest BCUT2D eigenvalue weighted by atomic mass is 9.92. The van der Waals surface area contributed by atoms with E-state index >= 15 is 0 Å². The molecule has 1 nitrogen and oxygen atoms in total. The molecular weight excluding hydrogens is 329 g/mol. The maximum Gasteiger partial charge on any atom is 0.124 e. The van der Waals surface area contributed by atoms with Crippen molar-refractivity contribution in [2.45, 2.75) is 19.8 Å². The first-order valence-electron chi connectivity index (χ1n) is 7.37. The molecule has 1 unspecified atom stereocenters. The summed E-state index contributed by atoms with van der Waals surface area (Å²) in [4.78, 5) is 0. The Morgan fingerprint density at radius 2 is 1.76 bits per heavy atom. The van der Waals surface area contributed by atoms with E-state index in [1.807, 2.05) is 12.1 Å². The van der Waals surface area contributed by atoms with Crippen molar-refractivity contribution in [2.75, 3.05) is 13.1 Å². The van der Waals surface area contributed by atoms with Crippen molar-refractivity contribution >= 4 is 15.9 Å². The zero-order valence-corrected chi connectivity index (χ0v) is 13.9. The number of benzene rings is 2. The van der Waals surface area contributed by atoms with Crippen LogP contribution in [0.4, 0.5) is 4.39 Å². The van der Waals surface area contributed by atoms with Crippen LogP contribution in [0.3, 0.4) is 0 Å². The van der Waals surface area contributed by atoms with Gasteiger partial charge in [-0.15, -0.1) is 0 Å². The molecule has 0 heterocycles. The molecule has 0 bridgehead atoms. The van der Waals surface area contributed by atoms with E-state index in [9.17, 15) is 4.39 Å². The molecule has 0 radical (unpaired) electrons. The van der Waals surface area contributed by atoms with Crippen LogP contribution < -0.4 is 5.32 Å². The van der Waals surface area contributed by atoms with Crippen LogP contribution >= 0.6 is 15.9 Å². The first-order chi connectivity index (χ1) is 10.2. The highest BCUT2D eigenvalue weighted by Crippen LogP contribution is 2.19. The highest BCUT2D eigenvalue weighted by atomic mass is 79.9. The summed E-state index contributed by atoms with van der Waals surface area (Å²) in [7, 11) is 0. The third-order valence-corrected chi connectivity index (χ3v) is 3.95. The van der Waals surface area contributed by atoms with Crippen LogP contribution in [-0.2, 0) is 12.8 Å². The molecule has 0 aliphatic carbocycles. The van der Waals surface area contributed by atoms with Gasteiger partial charge in [0.25, 0.3) is 0 Å². The topological polar surface area (TPSA) is 12.0 Å². The molecule has 112 valence electrons. The minimum atomic E-state index is -0.179. The summed E-state index contributed by atoms with van der Waals surface area (Å²) in [6.45, 7) is 4.01. The molecule has 0 aromatic heterocycles. The Labute approximate surface area is 134 Å². The predicted molar refractivity (Wildman–Crippen MR) is 90.0 cm³/mol. The molecule has 1 N–H and O–H groups in total. The SMILES string of the molecule is CCNCC(Cc1ccccc1)Cc1cc(F)cc(Br)c1. The van der Waals surface area contributed by atoms with Gasteiger partial charge in [-0.25, -0.2) is 4.39 Å². The van der Waals surface area contributed by atoms with Gasteiger partial charge in [0, 0.05) is 4.47 Å².